The third kappa shape index (κ3) is 2.54. The second-order valence-corrected chi connectivity index (χ2v) is 6.07. The average molecular weight is 337 g/mol. The molecule has 1 radical (unpaired) electrons. The van der Waals surface area contributed by atoms with Crippen molar-refractivity contribution in [3.8, 4) is 0 Å². The lowest BCUT2D eigenvalue weighted by molar-refractivity contribution is 0.111. The zero-order valence-electron chi connectivity index (χ0n) is 14.1. The van der Waals surface area contributed by atoms with Gasteiger partial charge in [-0.25, -0.2) is 4.98 Å². The van der Waals surface area contributed by atoms with E-state index in [0.717, 1.165) is 22.4 Å². The molecule has 3 aromatic carbocycles. The summed E-state index contributed by atoms with van der Waals surface area (Å²) in [5.74, 6) is 0.271. The second-order valence-electron chi connectivity index (χ2n) is 6.07. The smallest absolute Gasteiger partial charge is 0.185 e. The first-order chi connectivity index (χ1) is 12.9. The van der Waals surface area contributed by atoms with Crippen LogP contribution in [0.3, 0.4) is 0 Å². The SMILES string of the molecule is O=Cc1n[c]c(C(c2ccccc2)(c2ccccc2)c2ccccc2)[nH]1. The number of H-pyrrole nitrogens is 1. The lowest BCUT2D eigenvalue weighted by Gasteiger charge is -2.34. The van der Waals surface area contributed by atoms with E-state index in [1.54, 1.807) is 0 Å². The molecule has 0 saturated heterocycles. The number of hydrogen-bond donors (Lipinski definition) is 1. The minimum atomic E-state index is -0.641. The standard InChI is InChI=1S/C23H17N2O/c26-17-22-24-16-21(25-22)23(18-10-4-1-5-11-18,19-12-6-2-7-13-19)20-14-8-3-9-15-20/h1-15,17H,(H,24,25). The fraction of sp³-hybridized carbons (Fsp3) is 0.0435. The zero-order valence-corrected chi connectivity index (χ0v) is 14.1. The van der Waals surface area contributed by atoms with Gasteiger partial charge >= 0.3 is 0 Å². The van der Waals surface area contributed by atoms with Crippen molar-refractivity contribution in [2.75, 3.05) is 0 Å². The van der Waals surface area contributed by atoms with Gasteiger partial charge in [0, 0.05) is 0 Å². The van der Waals surface area contributed by atoms with Crippen LogP contribution in [0.2, 0.25) is 0 Å². The van der Waals surface area contributed by atoms with Crippen LogP contribution in [0, 0.1) is 6.20 Å². The lowest BCUT2D eigenvalue weighted by Crippen LogP contribution is -2.31. The van der Waals surface area contributed by atoms with E-state index in [2.05, 4.69) is 52.6 Å². The number of carbonyl (C=O) groups excluding carboxylic acids is 1. The van der Waals surface area contributed by atoms with Crippen molar-refractivity contribution < 1.29 is 4.79 Å². The van der Waals surface area contributed by atoms with E-state index < -0.39 is 5.41 Å². The maximum atomic E-state index is 11.2. The number of hydrogen-bond acceptors (Lipinski definition) is 2. The van der Waals surface area contributed by atoms with Gasteiger partial charge in [-0.15, -0.1) is 0 Å². The van der Waals surface area contributed by atoms with Crippen molar-refractivity contribution in [2.45, 2.75) is 5.41 Å². The van der Waals surface area contributed by atoms with Crippen LogP contribution in [0.4, 0.5) is 0 Å². The molecule has 1 aromatic heterocycles. The zero-order chi connectivity index (χ0) is 17.8. The van der Waals surface area contributed by atoms with Crippen LogP contribution in [0.25, 0.3) is 0 Å². The fourth-order valence-electron chi connectivity index (χ4n) is 3.53. The molecule has 0 saturated carbocycles. The molecule has 0 aliphatic carbocycles. The number of aromatic nitrogens is 2. The Bertz CT molecular complexity index is 895. The molecular formula is C23H17N2O. The molecule has 3 nitrogen and oxygen atoms in total. The predicted octanol–water partition coefficient (Wildman–Crippen LogP) is 4.41. The largest absolute Gasteiger partial charge is 0.338 e. The highest BCUT2D eigenvalue weighted by Gasteiger charge is 2.40. The number of imidazole rings is 1. The molecule has 125 valence electrons. The van der Waals surface area contributed by atoms with Gasteiger partial charge in [0.15, 0.2) is 12.1 Å². The summed E-state index contributed by atoms with van der Waals surface area (Å²) < 4.78 is 0. The van der Waals surface area contributed by atoms with Gasteiger partial charge in [0.1, 0.15) is 6.20 Å². The molecule has 1 N–H and O–H groups in total. The van der Waals surface area contributed by atoms with Gasteiger partial charge in [0.2, 0.25) is 0 Å². The van der Waals surface area contributed by atoms with E-state index in [1.165, 1.54) is 0 Å². The average Bonchev–Trinajstić information content (AvgIpc) is 3.21. The van der Waals surface area contributed by atoms with Crippen LogP contribution in [0.15, 0.2) is 91.0 Å². The Kier molecular flexibility index (Phi) is 4.20. The summed E-state index contributed by atoms with van der Waals surface area (Å²) in [6, 6.07) is 30.7. The van der Waals surface area contributed by atoms with Crippen molar-refractivity contribution in [1.29, 1.82) is 0 Å². The van der Waals surface area contributed by atoms with Crippen LogP contribution in [0.5, 0.6) is 0 Å². The highest BCUT2D eigenvalue weighted by Crippen LogP contribution is 2.43. The highest BCUT2D eigenvalue weighted by atomic mass is 16.1. The van der Waals surface area contributed by atoms with Gasteiger partial charge in [0.25, 0.3) is 0 Å². The molecule has 0 aliphatic heterocycles. The molecular weight excluding hydrogens is 320 g/mol. The topological polar surface area (TPSA) is 45.8 Å². The van der Waals surface area contributed by atoms with Crippen LogP contribution in [0.1, 0.15) is 33.0 Å². The summed E-state index contributed by atoms with van der Waals surface area (Å²) in [6.45, 7) is 0. The Hall–Kier alpha value is -3.46. The molecule has 0 unspecified atom stereocenters. The monoisotopic (exact) mass is 337 g/mol. The molecule has 0 fully saturated rings. The van der Waals surface area contributed by atoms with Gasteiger partial charge in [0.05, 0.1) is 11.1 Å². The van der Waals surface area contributed by atoms with E-state index in [9.17, 15) is 4.79 Å². The van der Waals surface area contributed by atoms with E-state index in [0.29, 0.717) is 6.29 Å². The van der Waals surface area contributed by atoms with E-state index in [1.807, 2.05) is 54.6 Å². The molecule has 0 amide bonds. The first-order valence-electron chi connectivity index (χ1n) is 8.45. The van der Waals surface area contributed by atoms with E-state index in [-0.39, 0.29) is 5.82 Å². The maximum absolute atomic E-state index is 11.2. The third-order valence-electron chi connectivity index (χ3n) is 4.65. The molecule has 0 atom stereocenters. The number of carbonyl (C=O) groups is 1. The molecule has 3 heteroatoms. The molecule has 0 aliphatic rings. The molecule has 4 aromatic rings. The Labute approximate surface area is 152 Å². The summed E-state index contributed by atoms with van der Waals surface area (Å²) >= 11 is 0. The number of benzene rings is 3. The lowest BCUT2D eigenvalue weighted by atomic mass is 9.67. The number of aldehydes is 1. The second kappa shape index (κ2) is 6.81. The molecule has 1 heterocycles. The van der Waals surface area contributed by atoms with E-state index >= 15 is 0 Å². The first-order valence-corrected chi connectivity index (χ1v) is 8.45. The summed E-state index contributed by atoms with van der Waals surface area (Å²) in [6.07, 6.45) is 3.77. The summed E-state index contributed by atoms with van der Waals surface area (Å²) in [7, 11) is 0. The number of nitrogens with zero attached hydrogens (tertiary/aromatic N) is 1. The van der Waals surface area contributed by atoms with Crippen molar-refractivity contribution >= 4 is 6.29 Å². The van der Waals surface area contributed by atoms with Gasteiger partial charge in [-0.3, -0.25) is 4.79 Å². The van der Waals surface area contributed by atoms with Gasteiger partial charge in [-0.05, 0) is 16.7 Å². The van der Waals surface area contributed by atoms with Crippen molar-refractivity contribution in [3.63, 3.8) is 0 Å². The normalized spacial score (nSPS) is 11.2. The summed E-state index contributed by atoms with van der Waals surface area (Å²) in [5, 5.41) is 0. The van der Waals surface area contributed by atoms with Crippen molar-refractivity contribution in [3.05, 3.63) is 125 Å². The highest BCUT2D eigenvalue weighted by molar-refractivity contribution is 5.69. The fourth-order valence-corrected chi connectivity index (χ4v) is 3.53. The van der Waals surface area contributed by atoms with Gasteiger partial charge in [-0.2, -0.15) is 0 Å². The number of nitrogens with one attached hydrogen (secondary N) is 1. The molecule has 4 rings (SSSR count). The predicted molar refractivity (Wildman–Crippen MR) is 101 cm³/mol. The minimum Gasteiger partial charge on any atom is -0.338 e. The summed E-state index contributed by atoms with van der Waals surface area (Å²) in [4.78, 5) is 18.5. The quantitative estimate of drug-likeness (QED) is 0.433. The Morgan fingerprint density at radius 2 is 1.15 bits per heavy atom. The van der Waals surface area contributed by atoms with E-state index in [4.69, 9.17) is 0 Å². The molecule has 0 bridgehead atoms. The van der Waals surface area contributed by atoms with Crippen LogP contribution in [-0.2, 0) is 5.41 Å². The van der Waals surface area contributed by atoms with Gasteiger partial charge in [-0.1, -0.05) is 91.0 Å². The van der Waals surface area contributed by atoms with Crippen LogP contribution < -0.4 is 0 Å². The van der Waals surface area contributed by atoms with Crippen molar-refractivity contribution in [2.24, 2.45) is 0 Å². The Morgan fingerprint density at radius 3 is 1.50 bits per heavy atom. The molecule has 26 heavy (non-hydrogen) atoms. The number of rotatable bonds is 5. The third-order valence-corrected chi connectivity index (χ3v) is 4.65. The Balaban J connectivity index is 2.12. The van der Waals surface area contributed by atoms with Gasteiger partial charge < -0.3 is 4.98 Å². The minimum absolute atomic E-state index is 0.271. The first kappa shape index (κ1) is 16.0. The number of aromatic amines is 1. The van der Waals surface area contributed by atoms with Crippen LogP contribution in [-0.4, -0.2) is 16.3 Å². The Morgan fingerprint density at radius 1 is 0.731 bits per heavy atom. The molecule has 0 spiro atoms. The maximum Gasteiger partial charge on any atom is 0.185 e. The summed E-state index contributed by atoms with van der Waals surface area (Å²) in [5.41, 5.74) is 3.33. The van der Waals surface area contributed by atoms with Crippen LogP contribution >= 0.6 is 0 Å². The van der Waals surface area contributed by atoms with Crippen molar-refractivity contribution in [1.82, 2.24) is 9.97 Å².